The zero-order valence-corrected chi connectivity index (χ0v) is 18.5. The molecule has 0 aromatic heterocycles. The summed E-state index contributed by atoms with van der Waals surface area (Å²) < 4.78 is 27.0. The van der Waals surface area contributed by atoms with Crippen molar-refractivity contribution in [1.82, 2.24) is 0 Å². The van der Waals surface area contributed by atoms with Gasteiger partial charge in [-0.05, 0) is 66.4 Å². The highest BCUT2D eigenvalue weighted by atomic mass is 32.2. The molecule has 0 radical (unpaired) electrons. The van der Waals surface area contributed by atoms with Crippen molar-refractivity contribution in [3.63, 3.8) is 0 Å². The van der Waals surface area contributed by atoms with E-state index >= 15 is 0 Å². The van der Waals surface area contributed by atoms with E-state index in [0.29, 0.717) is 23.2 Å². The van der Waals surface area contributed by atoms with Crippen molar-refractivity contribution in [2.24, 2.45) is 0 Å². The van der Waals surface area contributed by atoms with Crippen LogP contribution in [-0.2, 0) is 9.47 Å². The monoisotopic (exact) mass is 457 g/mol. The number of methoxy groups -OCH3 is 1. The molecule has 0 heterocycles. The standard InChI is InChI=1S/C24H24FNO5S/c1-3-18(30-2)14-31-24(29)20-9-8-17(13-23(20)28)26-32-19-6-4-5-15(11-19)21-12-16(25)7-10-22(21)27/h4-13,18,26-28H,3,14H2,1-2H3. The van der Waals surface area contributed by atoms with Crippen LogP contribution < -0.4 is 4.72 Å². The second-order valence-corrected chi connectivity index (χ2v) is 7.87. The Morgan fingerprint density at radius 2 is 1.91 bits per heavy atom. The quantitative estimate of drug-likeness (QED) is 0.284. The van der Waals surface area contributed by atoms with Crippen LogP contribution in [0.3, 0.4) is 0 Å². The minimum absolute atomic E-state index is 0.00957. The van der Waals surface area contributed by atoms with Crippen molar-refractivity contribution in [3.05, 3.63) is 72.0 Å². The Balaban J connectivity index is 1.66. The van der Waals surface area contributed by atoms with Gasteiger partial charge in [0.2, 0.25) is 0 Å². The lowest BCUT2D eigenvalue weighted by Crippen LogP contribution is -2.20. The average Bonchev–Trinajstić information content (AvgIpc) is 2.80. The van der Waals surface area contributed by atoms with Crippen LogP contribution in [0.5, 0.6) is 11.5 Å². The Morgan fingerprint density at radius 3 is 2.62 bits per heavy atom. The molecule has 0 aliphatic carbocycles. The fourth-order valence-corrected chi connectivity index (χ4v) is 3.65. The summed E-state index contributed by atoms with van der Waals surface area (Å²) in [5.41, 5.74) is 1.70. The van der Waals surface area contributed by atoms with Crippen LogP contribution in [0, 0.1) is 5.82 Å². The van der Waals surface area contributed by atoms with Gasteiger partial charge >= 0.3 is 5.97 Å². The van der Waals surface area contributed by atoms with E-state index in [1.54, 1.807) is 31.4 Å². The molecular formula is C24H24FNO5S. The van der Waals surface area contributed by atoms with Crippen molar-refractivity contribution in [3.8, 4) is 22.6 Å². The molecule has 3 aromatic rings. The first kappa shape index (κ1) is 23.4. The Morgan fingerprint density at radius 1 is 1.09 bits per heavy atom. The molecule has 0 spiro atoms. The molecule has 32 heavy (non-hydrogen) atoms. The van der Waals surface area contributed by atoms with E-state index in [-0.39, 0.29) is 29.8 Å². The SMILES string of the molecule is CCC(COC(=O)c1ccc(NSc2cccc(-c3cc(F)ccc3O)c2)cc1O)OC. The van der Waals surface area contributed by atoms with Gasteiger partial charge in [0.05, 0.1) is 6.10 Å². The zero-order chi connectivity index (χ0) is 23.1. The topological polar surface area (TPSA) is 88.0 Å². The Hall–Kier alpha value is -3.23. The van der Waals surface area contributed by atoms with Gasteiger partial charge in [-0.15, -0.1) is 0 Å². The molecular weight excluding hydrogens is 433 g/mol. The molecule has 3 N–H and O–H groups in total. The number of hydrogen-bond acceptors (Lipinski definition) is 7. The molecule has 0 bridgehead atoms. The second-order valence-electron chi connectivity index (χ2n) is 6.99. The molecule has 0 fully saturated rings. The molecule has 0 aliphatic rings. The lowest BCUT2D eigenvalue weighted by atomic mass is 10.0. The van der Waals surface area contributed by atoms with E-state index in [4.69, 9.17) is 9.47 Å². The summed E-state index contributed by atoms with van der Waals surface area (Å²) in [7, 11) is 1.55. The van der Waals surface area contributed by atoms with Crippen LogP contribution in [0.1, 0.15) is 23.7 Å². The molecule has 168 valence electrons. The lowest BCUT2D eigenvalue weighted by molar-refractivity contribution is 0.00952. The van der Waals surface area contributed by atoms with Crippen LogP contribution in [0.2, 0.25) is 0 Å². The third-order valence-electron chi connectivity index (χ3n) is 4.80. The van der Waals surface area contributed by atoms with E-state index in [9.17, 15) is 19.4 Å². The molecule has 0 amide bonds. The van der Waals surface area contributed by atoms with Crippen molar-refractivity contribution in [2.75, 3.05) is 18.4 Å². The number of phenols is 2. The van der Waals surface area contributed by atoms with Crippen molar-refractivity contribution in [2.45, 2.75) is 24.3 Å². The minimum Gasteiger partial charge on any atom is -0.507 e. The fraction of sp³-hybridized carbons (Fsp3) is 0.208. The van der Waals surface area contributed by atoms with Gasteiger partial charge in [0, 0.05) is 29.3 Å². The molecule has 6 nitrogen and oxygen atoms in total. The number of halogens is 1. The first-order valence-corrected chi connectivity index (χ1v) is 10.8. The van der Waals surface area contributed by atoms with E-state index < -0.39 is 11.8 Å². The van der Waals surface area contributed by atoms with Crippen LogP contribution in [0.15, 0.2) is 65.6 Å². The Kier molecular flexibility index (Phi) is 7.97. The number of ether oxygens (including phenoxy) is 2. The van der Waals surface area contributed by atoms with Gasteiger partial charge in [-0.25, -0.2) is 9.18 Å². The Bertz CT molecular complexity index is 1090. The largest absolute Gasteiger partial charge is 0.507 e. The van der Waals surface area contributed by atoms with Crippen LogP contribution in [0.4, 0.5) is 10.1 Å². The van der Waals surface area contributed by atoms with Crippen molar-refractivity contribution < 1.29 is 28.9 Å². The number of nitrogens with one attached hydrogen (secondary N) is 1. The smallest absolute Gasteiger partial charge is 0.342 e. The van der Waals surface area contributed by atoms with Gasteiger partial charge in [0.1, 0.15) is 29.5 Å². The third-order valence-corrected chi connectivity index (χ3v) is 5.62. The number of phenolic OH excluding ortho intramolecular Hbond substituents is 2. The second kappa shape index (κ2) is 10.9. The van der Waals surface area contributed by atoms with Crippen LogP contribution in [-0.4, -0.2) is 36.0 Å². The molecule has 0 aliphatic heterocycles. The number of carbonyl (C=O) groups is 1. The Labute approximate surface area is 190 Å². The fourth-order valence-electron chi connectivity index (χ4n) is 2.95. The van der Waals surface area contributed by atoms with Crippen molar-refractivity contribution in [1.29, 1.82) is 0 Å². The van der Waals surface area contributed by atoms with E-state index in [0.717, 1.165) is 4.90 Å². The summed E-state index contributed by atoms with van der Waals surface area (Å²) in [6.07, 6.45) is 0.513. The number of esters is 1. The first-order chi connectivity index (χ1) is 15.4. The van der Waals surface area contributed by atoms with Crippen LogP contribution in [0.25, 0.3) is 11.1 Å². The number of anilines is 1. The van der Waals surface area contributed by atoms with Crippen LogP contribution >= 0.6 is 11.9 Å². The summed E-state index contributed by atoms with van der Waals surface area (Å²) in [6, 6.07) is 15.6. The number of carbonyl (C=O) groups excluding carboxylic acids is 1. The maximum Gasteiger partial charge on any atom is 0.342 e. The third kappa shape index (κ3) is 5.93. The number of benzene rings is 3. The molecule has 0 saturated carbocycles. The van der Waals surface area contributed by atoms with Gasteiger partial charge in [0.15, 0.2) is 0 Å². The van der Waals surface area contributed by atoms with Crippen molar-refractivity contribution >= 4 is 23.6 Å². The first-order valence-electron chi connectivity index (χ1n) is 9.96. The van der Waals surface area contributed by atoms with E-state index in [2.05, 4.69) is 4.72 Å². The van der Waals surface area contributed by atoms with Gasteiger partial charge in [0.25, 0.3) is 0 Å². The maximum atomic E-state index is 13.6. The minimum atomic E-state index is -0.625. The normalized spacial score (nSPS) is 11.7. The van der Waals surface area contributed by atoms with E-state index in [1.165, 1.54) is 42.3 Å². The lowest BCUT2D eigenvalue weighted by Gasteiger charge is -2.14. The molecule has 0 saturated heterocycles. The summed E-state index contributed by atoms with van der Waals surface area (Å²) in [5, 5.41) is 20.3. The molecule has 1 unspecified atom stereocenters. The highest BCUT2D eigenvalue weighted by Gasteiger charge is 2.16. The zero-order valence-electron chi connectivity index (χ0n) is 17.7. The molecule has 8 heteroatoms. The van der Waals surface area contributed by atoms with Gasteiger partial charge < -0.3 is 24.4 Å². The molecule has 1 atom stereocenters. The molecule has 3 rings (SSSR count). The van der Waals surface area contributed by atoms with Gasteiger partial charge in [-0.3, -0.25) is 0 Å². The highest BCUT2D eigenvalue weighted by Crippen LogP contribution is 2.33. The number of hydrogen-bond donors (Lipinski definition) is 3. The summed E-state index contributed by atoms with van der Waals surface area (Å²) in [6.45, 7) is 2.03. The number of rotatable bonds is 9. The predicted octanol–water partition coefficient (Wildman–Crippen LogP) is 5.60. The number of aromatic hydroxyl groups is 2. The summed E-state index contributed by atoms with van der Waals surface area (Å²) in [5.74, 6) is -1.27. The highest BCUT2D eigenvalue weighted by molar-refractivity contribution is 8.00. The molecule has 3 aromatic carbocycles. The van der Waals surface area contributed by atoms with Gasteiger partial charge in [-0.1, -0.05) is 19.1 Å². The van der Waals surface area contributed by atoms with Gasteiger partial charge in [-0.2, -0.15) is 0 Å². The predicted molar refractivity (Wildman–Crippen MR) is 122 cm³/mol. The average molecular weight is 458 g/mol. The maximum absolute atomic E-state index is 13.6. The van der Waals surface area contributed by atoms with E-state index in [1.807, 2.05) is 13.0 Å². The summed E-state index contributed by atoms with van der Waals surface area (Å²) in [4.78, 5) is 13.0. The summed E-state index contributed by atoms with van der Waals surface area (Å²) >= 11 is 1.27.